The van der Waals surface area contributed by atoms with Crippen molar-refractivity contribution >= 4 is 15.9 Å². The molecule has 1 aromatic rings. The standard InChI is InChI=1S/C17H26BrNO/c1-12(2)13-6-7-17(19)14(10-13)8-9-20-16-5-3-4-15(18)11-16/h3-5,11-14,17H,6-10,19H2,1-2H3. The summed E-state index contributed by atoms with van der Waals surface area (Å²) in [6.45, 7) is 5.42. The van der Waals surface area contributed by atoms with Crippen molar-refractivity contribution in [1.29, 1.82) is 0 Å². The van der Waals surface area contributed by atoms with Crippen LogP contribution in [0, 0.1) is 17.8 Å². The first-order chi connectivity index (χ1) is 9.56. The predicted molar refractivity (Wildman–Crippen MR) is 87.9 cm³/mol. The van der Waals surface area contributed by atoms with Crippen LogP contribution in [-0.2, 0) is 0 Å². The van der Waals surface area contributed by atoms with Crippen LogP contribution in [-0.4, -0.2) is 12.6 Å². The number of rotatable bonds is 5. The molecule has 1 saturated carbocycles. The van der Waals surface area contributed by atoms with E-state index in [1.54, 1.807) is 0 Å². The maximum Gasteiger partial charge on any atom is 0.120 e. The van der Waals surface area contributed by atoms with Crippen LogP contribution in [0.25, 0.3) is 0 Å². The third-order valence-electron chi connectivity index (χ3n) is 4.58. The molecule has 1 fully saturated rings. The lowest BCUT2D eigenvalue weighted by Gasteiger charge is -2.36. The van der Waals surface area contributed by atoms with Crippen LogP contribution in [0.2, 0.25) is 0 Å². The highest BCUT2D eigenvalue weighted by Gasteiger charge is 2.29. The number of hydrogen-bond donors (Lipinski definition) is 1. The molecule has 0 saturated heterocycles. The molecule has 0 heterocycles. The number of hydrogen-bond acceptors (Lipinski definition) is 2. The maximum atomic E-state index is 6.28. The van der Waals surface area contributed by atoms with Crippen LogP contribution in [0.1, 0.15) is 39.5 Å². The SMILES string of the molecule is CC(C)C1CCC(N)C(CCOc2cccc(Br)c2)C1. The van der Waals surface area contributed by atoms with Gasteiger partial charge in [-0.25, -0.2) is 0 Å². The Kier molecular flexibility index (Phi) is 5.91. The Balaban J connectivity index is 1.80. The Morgan fingerprint density at radius 1 is 1.35 bits per heavy atom. The molecule has 0 aliphatic heterocycles. The van der Waals surface area contributed by atoms with Gasteiger partial charge in [-0.15, -0.1) is 0 Å². The van der Waals surface area contributed by atoms with Gasteiger partial charge in [0, 0.05) is 10.5 Å². The highest BCUT2D eigenvalue weighted by Crippen LogP contribution is 2.34. The zero-order chi connectivity index (χ0) is 14.5. The van der Waals surface area contributed by atoms with Gasteiger partial charge in [0.25, 0.3) is 0 Å². The monoisotopic (exact) mass is 339 g/mol. The summed E-state index contributed by atoms with van der Waals surface area (Å²) in [6.07, 6.45) is 4.80. The summed E-state index contributed by atoms with van der Waals surface area (Å²) in [5.74, 6) is 3.16. The van der Waals surface area contributed by atoms with Gasteiger partial charge in [-0.2, -0.15) is 0 Å². The van der Waals surface area contributed by atoms with E-state index in [1.807, 2.05) is 24.3 Å². The fourth-order valence-corrected chi connectivity index (χ4v) is 3.52. The second-order valence-corrected chi connectivity index (χ2v) is 7.25. The van der Waals surface area contributed by atoms with E-state index in [1.165, 1.54) is 19.3 Å². The molecule has 20 heavy (non-hydrogen) atoms. The summed E-state index contributed by atoms with van der Waals surface area (Å²) >= 11 is 3.46. The van der Waals surface area contributed by atoms with Gasteiger partial charge in [-0.05, 0) is 61.6 Å². The van der Waals surface area contributed by atoms with Crippen molar-refractivity contribution in [2.75, 3.05) is 6.61 Å². The van der Waals surface area contributed by atoms with Crippen LogP contribution in [0.5, 0.6) is 5.75 Å². The fraction of sp³-hybridized carbons (Fsp3) is 0.647. The van der Waals surface area contributed by atoms with E-state index in [0.29, 0.717) is 12.0 Å². The molecule has 0 spiro atoms. The molecule has 1 aromatic carbocycles. The molecule has 3 unspecified atom stereocenters. The van der Waals surface area contributed by atoms with Gasteiger partial charge in [0.15, 0.2) is 0 Å². The van der Waals surface area contributed by atoms with E-state index in [9.17, 15) is 0 Å². The summed E-state index contributed by atoms with van der Waals surface area (Å²) < 4.78 is 6.91. The van der Waals surface area contributed by atoms with Gasteiger partial charge in [0.2, 0.25) is 0 Å². The topological polar surface area (TPSA) is 35.2 Å². The number of benzene rings is 1. The molecular weight excluding hydrogens is 314 g/mol. The van der Waals surface area contributed by atoms with Crippen LogP contribution in [0.3, 0.4) is 0 Å². The Morgan fingerprint density at radius 2 is 2.15 bits per heavy atom. The van der Waals surface area contributed by atoms with E-state index < -0.39 is 0 Å². The van der Waals surface area contributed by atoms with Crippen LogP contribution in [0.15, 0.2) is 28.7 Å². The fourth-order valence-electron chi connectivity index (χ4n) is 3.15. The molecule has 0 bridgehead atoms. The minimum Gasteiger partial charge on any atom is -0.494 e. The second-order valence-electron chi connectivity index (χ2n) is 6.34. The first-order valence-electron chi connectivity index (χ1n) is 7.70. The number of nitrogens with two attached hydrogens (primary N) is 1. The Hall–Kier alpha value is -0.540. The van der Waals surface area contributed by atoms with E-state index >= 15 is 0 Å². The predicted octanol–water partition coefficient (Wildman–Crippen LogP) is 4.62. The quantitative estimate of drug-likeness (QED) is 0.849. The van der Waals surface area contributed by atoms with Gasteiger partial charge in [0.05, 0.1) is 6.61 Å². The van der Waals surface area contributed by atoms with E-state index in [-0.39, 0.29) is 0 Å². The average molecular weight is 340 g/mol. The Bertz CT molecular complexity index is 421. The number of ether oxygens (including phenoxy) is 1. The first-order valence-corrected chi connectivity index (χ1v) is 8.49. The molecule has 0 radical (unpaired) electrons. The molecule has 2 N–H and O–H groups in total. The molecular formula is C17H26BrNO. The van der Waals surface area contributed by atoms with Gasteiger partial charge in [-0.3, -0.25) is 0 Å². The Labute approximate surface area is 131 Å². The third kappa shape index (κ3) is 4.49. The molecule has 112 valence electrons. The molecule has 2 nitrogen and oxygen atoms in total. The van der Waals surface area contributed by atoms with Crippen LogP contribution >= 0.6 is 15.9 Å². The lowest BCUT2D eigenvalue weighted by atomic mass is 9.73. The molecule has 1 aliphatic rings. The summed E-state index contributed by atoms with van der Waals surface area (Å²) in [4.78, 5) is 0. The van der Waals surface area contributed by atoms with E-state index in [2.05, 4.69) is 29.8 Å². The molecule has 0 aromatic heterocycles. The zero-order valence-electron chi connectivity index (χ0n) is 12.5. The number of halogens is 1. The van der Waals surface area contributed by atoms with E-state index in [4.69, 9.17) is 10.5 Å². The van der Waals surface area contributed by atoms with E-state index in [0.717, 1.165) is 35.1 Å². The minimum atomic E-state index is 0.358. The van der Waals surface area contributed by atoms with Crippen molar-refractivity contribution in [3.8, 4) is 5.75 Å². The third-order valence-corrected chi connectivity index (χ3v) is 5.07. The van der Waals surface area contributed by atoms with Gasteiger partial charge < -0.3 is 10.5 Å². The normalized spacial score (nSPS) is 26.8. The van der Waals surface area contributed by atoms with Crippen molar-refractivity contribution in [2.24, 2.45) is 23.5 Å². The van der Waals surface area contributed by atoms with Crippen molar-refractivity contribution in [3.63, 3.8) is 0 Å². The molecule has 3 atom stereocenters. The first kappa shape index (κ1) is 15.8. The molecule has 1 aliphatic carbocycles. The summed E-state index contributed by atoms with van der Waals surface area (Å²) in [5.41, 5.74) is 6.28. The van der Waals surface area contributed by atoms with Crippen molar-refractivity contribution < 1.29 is 4.74 Å². The zero-order valence-corrected chi connectivity index (χ0v) is 14.1. The molecule has 3 heteroatoms. The van der Waals surface area contributed by atoms with Gasteiger partial charge >= 0.3 is 0 Å². The second kappa shape index (κ2) is 7.46. The molecule has 2 rings (SSSR count). The van der Waals surface area contributed by atoms with Crippen molar-refractivity contribution in [2.45, 2.75) is 45.6 Å². The van der Waals surface area contributed by atoms with Gasteiger partial charge in [-0.1, -0.05) is 35.8 Å². The van der Waals surface area contributed by atoms with Gasteiger partial charge in [0.1, 0.15) is 5.75 Å². The maximum absolute atomic E-state index is 6.28. The van der Waals surface area contributed by atoms with Crippen molar-refractivity contribution in [3.05, 3.63) is 28.7 Å². The highest BCUT2D eigenvalue weighted by atomic mass is 79.9. The highest BCUT2D eigenvalue weighted by molar-refractivity contribution is 9.10. The summed E-state index contributed by atoms with van der Waals surface area (Å²) in [6, 6.07) is 8.38. The lowest BCUT2D eigenvalue weighted by Crippen LogP contribution is -2.38. The minimum absolute atomic E-state index is 0.358. The van der Waals surface area contributed by atoms with Crippen LogP contribution < -0.4 is 10.5 Å². The van der Waals surface area contributed by atoms with Crippen LogP contribution in [0.4, 0.5) is 0 Å². The lowest BCUT2D eigenvalue weighted by molar-refractivity contribution is 0.161. The van der Waals surface area contributed by atoms with Crippen molar-refractivity contribution in [1.82, 2.24) is 0 Å². The largest absolute Gasteiger partial charge is 0.494 e. The average Bonchev–Trinajstić information content (AvgIpc) is 2.40. The smallest absolute Gasteiger partial charge is 0.120 e. The molecule has 0 amide bonds. The Morgan fingerprint density at radius 3 is 2.85 bits per heavy atom. The summed E-state index contributed by atoms with van der Waals surface area (Å²) in [7, 11) is 0. The summed E-state index contributed by atoms with van der Waals surface area (Å²) in [5, 5.41) is 0.